The number of aliphatic imine (C=N–C) groups is 2. The van der Waals surface area contributed by atoms with Crippen molar-refractivity contribution in [2.24, 2.45) is 9.98 Å². The van der Waals surface area contributed by atoms with Crippen LogP contribution >= 0.6 is 11.3 Å². The molecule has 1 aliphatic heterocycles. The van der Waals surface area contributed by atoms with Crippen LogP contribution in [0.2, 0.25) is 0 Å². The average Bonchev–Trinajstić information content (AvgIpc) is 3.79. The normalized spacial score (nSPS) is 14.9. The summed E-state index contributed by atoms with van der Waals surface area (Å²) in [7, 11) is 2.12. The highest BCUT2D eigenvalue weighted by Crippen LogP contribution is 2.45. The van der Waals surface area contributed by atoms with E-state index in [2.05, 4.69) is 170 Å². The number of thiophene rings is 1. The Bertz CT molecular complexity index is 3170. The molecule has 8 aromatic carbocycles. The van der Waals surface area contributed by atoms with Crippen LogP contribution in [-0.4, -0.2) is 23.6 Å². The molecule has 0 aliphatic carbocycles. The molecule has 0 fully saturated rings. The Labute approximate surface area is 309 Å². The van der Waals surface area contributed by atoms with Crippen molar-refractivity contribution >= 4 is 86.7 Å². The van der Waals surface area contributed by atoms with Gasteiger partial charge in [0.25, 0.3) is 0 Å². The highest BCUT2D eigenvalue weighted by Gasteiger charge is 2.30. The first kappa shape index (κ1) is 30.1. The molecule has 0 radical (unpaired) electrons. The molecule has 0 amide bonds. The summed E-state index contributed by atoms with van der Waals surface area (Å²) in [5.41, 5.74) is 7.12. The molecule has 11 rings (SSSR count). The lowest BCUT2D eigenvalue weighted by Crippen LogP contribution is -2.35. The van der Waals surface area contributed by atoms with E-state index < -0.39 is 0 Å². The van der Waals surface area contributed by atoms with E-state index in [0.717, 1.165) is 55.4 Å². The van der Waals surface area contributed by atoms with Gasteiger partial charge in [0.2, 0.25) is 0 Å². The molecule has 5 heteroatoms. The lowest BCUT2D eigenvalue weighted by atomic mass is 9.95. The van der Waals surface area contributed by atoms with Gasteiger partial charge in [0.15, 0.2) is 12.0 Å². The Kier molecular flexibility index (Phi) is 6.67. The molecule has 4 nitrogen and oxygen atoms in total. The largest absolute Gasteiger partial charge is 0.456 e. The number of rotatable bonds is 4. The average molecular weight is 698 g/mol. The van der Waals surface area contributed by atoms with Crippen LogP contribution in [0.5, 0.6) is 0 Å². The van der Waals surface area contributed by atoms with E-state index in [9.17, 15) is 0 Å². The zero-order valence-electron chi connectivity index (χ0n) is 28.8. The Hall–Kier alpha value is -6.56. The van der Waals surface area contributed by atoms with Crippen LogP contribution in [0.4, 0.5) is 0 Å². The van der Waals surface area contributed by atoms with Gasteiger partial charge in [0.05, 0.1) is 0 Å². The Morgan fingerprint density at radius 2 is 1.21 bits per heavy atom. The number of hydrogen-bond donors (Lipinski definition) is 0. The molecule has 1 unspecified atom stereocenters. The van der Waals surface area contributed by atoms with Crippen molar-refractivity contribution in [2.45, 2.75) is 6.17 Å². The highest BCUT2D eigenvalue weighted by molar-refractivity contribution is 7.26. The number of fused-ring (bicyclic) bond motifs is 8. The van der Waals surface area contributed by atoms with Gasteiger partial charge in [-0.2, -0.15) is 0 Å². The number of hydrogen-bond acceptors (Lipinski definition) is 5. The summed E-state index contributed by atoms with van der Waals surface area (Å²) in [6.45, 7) is 0. The van der Waals surface area contributed by atoms with Gasteiger partial charge in [-0.15, -0.1) is 11.3 Å². The molecular formula is C48H31N3OS. The van der Waals surface area contributed by atoms with Gasteiger partial charge in [-0.25, -0.2) is 9.98 Å². The number of furan rings is 1. The van der Waals surface area contributed by atoms with Gasteiger partial charge >= 0.3 is 0 Å². The predicted octanol–water partition coefficient (Wildman–Crippen LogP) is 12.8. The topological polar surface area (TPSA) is 41.1 Å². The number of amidine groups is 2. The van der Waals surface area contributed by atoms with Crippen LogP contribution < -0.4 is 0 Å². The van der Waals surface area contributed by atoms with Gasteiger partial charge in [-0.1, -0.05) is 127 Å². The monoisotopic (exact) mass is 697 g/mol. The van der Waals surface area contributed by atoms with Gasteiger partial charge in [0, 0.05) is 54.7 Å². The van der Waals surface area contributed by atoms with Gasteiger partial charge in [-0.3, -0.25) is 0 Å². The maximum Gasteiger partial charge on any atom is 0.159 e. The first-order valence-corrected chi connectivity index (χ1v) is 18.7. The lowest BCUT2D eigenvalue weighted by molar-refractivity contribution is 0.385. The lowest BCUT2D eigenvalue weighted by Gasteiger charge is -2.33. The van der Waals surface area contributed by atoms with Gasteiger partial charge in [-0.05, 0) is 69.1 Å². The van der Waals surface area contributed by atoms with E-state index in [1.807, 2.05) is 17.4 Å². The van der Waals surface area contributed by atoms with Crippen LogP contribution in [0.3, 0.4) is 0 Å². The molecule has 3 heterocycles. The smallest absolute Gasteiger partial charge is 0.159 e. The second-order valence-electron chi connectivity index (χ2n) is 13.8. The Balaban J connectivity index is 1.17. The number of nitrogens with zero attached hydrogens (tertiary/aromatic N) is 3. The Morgan fingerprint density at radius 3 is 2.02 bits per heavy atom. The SMILES string of the molecule is CN1C(c2ccc3ccccc3c2)=NC(c2ccc3ccccc3c2)=NC1c1cc(-c2cccc3c2sc2ccccc23)cc2oc3ccccc3c12. The third kappa shape index (κ3) is 4.82. The summed E-state index contributed by atoms with van der Waals surface area (Å²) >= 11 is 1.84. The molecule has 0 N–H and O–H groups in total. The van der Waals surface area contributed by atoms with E-state index in [0.29, 0.717) is 5.84 Å². The fraction of sp³-hybridized carbons (Fsp3) is 0.0417. The molecule has 2 aromatic heterocycles. The third-order valence-corrected chi connectivity index (χ3v) is 11.9. The molecule has 0 saturated carbocycles. The number of para-hydroxylation sites is 1. The first-order valence-electron chi connectivity index (χ1n) is 17.9. The van der Waals surface area contributed by atoms with Crippen LogP contribution in [0, 0.1) is 0 Å². The molecule has 53 heavy (non-hydrogen) atoms. The summed E-state index contributed by atoms with van der Waals surface area (Å²) in [6.07, 6.45) is -0.388. The fourth-order valence-electron chi connectivity index (χ4n) is 8.09. The minimum absolute atomic E-state index is 0.388. The molecule has 1 atom stereocenters. The maximum absolute atomic E-state index is 6.68. The second-order valence-corrected chi connectivity index (χ2v) is 14.9. The van der Waals surface area contributed by atoms with E-state index in [1.54, 1.807) is 0 Å². The van der Waals surface area contributed by atoms with Crippen LogP contribution in [0.25, 0.3) is 74.8 Å². The van der Waals surface area contributed by atoms with Crippen LogP contribution in [0.1, 0.15) is 22.9 Å². The molecule has 10 aromatic rings. The van der Waals surface area contributed by atoms with Crippen molar-refractivity contribution in [1.82, 2.24) is 4.90 Å². The highest BCUT2D eigenvalue weighted by atomic mass is 32.1. The Morgan fingerprint density at radius 1 is 0.547 bits per heavy atom. The van der Waals surface area contributed by atoms with Crippen LogP contribution in [-0.2, 0) is 0 Å². The zero-order chi connectivity index (χ0) is 35.0. The zero-order valence-corrected chi connectivity index (χ0v) is 29.6. The summed E-state index contributed by atoms with van der Waals surface area (Å²) in [5, 5.41) is 9.43. The van der Waals surface area contributed by atoms with E-state index >= 15 is 0 Å². The predicted molar refractivity (Wildman–Crippen MR) is 224 cm³/mol. The summed E-state index contributed by atoms with van der Waals surface area (Å²) in [6, 6.07) is 58.3. The standard InChI is InChI=1S/C48H31N3OS/c1-51-47(34-24-22-30-12-3-5-14-32(30)26-34)49-46(33-23-21-29-11-2-4-13-31(29)25-33)50-48(51)40-27-35(28-42-44(40)39-16-6-8-19-41(39)52-42)36-17-10-18-38-37-15-7-9-20-43(37)53-45(36)38/h2-28,48H,1H3. The van der Waals surface area contributed by atoms with E-state index in [4.69, 9.17) is 14.4 Å². The third-order valence-electron chi connectivity index (χ3n) is 10.7. The molecular weight excluding hydrogens is 667 g/mol. The molecule has 250 valence electrons. The summed E-state index contributed by atoms with van der Waals surface area (Å²) in [5.74, 6) is 1.58. The summed E-state index contributed by atoms with van der Waals surface area (Å²) in [4.78, 5) is 13.1. The first-order chi connectivity index (χ1) is 26.2. The van der Waals surface area contributed by atoms with Crippen LogP contribution in [0.15, 0.2) is 178 Å². The van der Waals surface area contributed by atoms with Gasteiger partial charge < -0.3 is 9.32 Å². The van der Waals surface area contributed by atoms with E-state index in [-0.39, 0.29) is 6.17 Å². The quantitative estimate of drug-likeness (QED) is 0.184. The van der Waals surface area contributed by atoms with Crippen molar-refractivity contribution < 1.29 is 4.42 Å². The van der Waals surface area contributed by atoms with Crippen molar-refractivity contribution in [3.8, 4) is 11.1 Å². The molecule has 1 aliphatic rings. The minimum Gasteiger partial charge on any atom is -0.456 e. The molecule has 0 saturated heterocycles. The maximum atomic E-state index is 6.68. The van der Waals surface area contributed by atoms with Gasteiger partial charge in [0.1, 0.15) is 17.0 Å². The van der Waals surface area contributed by atoms with Crippen molar-refractivity contribution in [2.75, 3.05) is 7.05 Å². The van der Waals surface area contributed by atoms with Crippen molar-refractivity contribution in [3.05, 3.63) is 180 Å². The van der Waals surface area contributed by atoms with Crippen molar-refractivity contribution in [3.63, 3.8) is 0 Å². The van der Waals surface area contributed by atoms with E-state index in [1.165, 1.54) is 41.9 Å². The van der Waals surface area contributed by atoms with Crippen molar-refractivity contribution in [1.29, 1.82) is 0 Å². The second kappa shape index (κ2) is 11.7. The number of benzene rings is 8. The molecule has 0 bridgehead atoms. The summed E-state index contributed by atoms with van der Waals surface area (Å²) < 4.78 is 9.23. The minimum atomic E-state index is -0.388. The fourth-order valence-corrected chi connectivity index (χ4v) is 9.33. The molecule has 0 spiro atoms.